The summed E-state index contributed by atoms with van der Waals surface area (Å²) in [5.74, 6) is -0.497. The number of hydrogen-bond donors (Lipinski definition) is 4. The number of fused-ring (bicyclic) bond motifs is 3. The van der Waals surface area contributed by atoms with Gasteiger partial charge < -0.3 is 15.5 Å². The molecule has 0 atom stereocenters. The van der Waals surface area contributed by atoms with Crippen LogP contribution in [0.25, 0.3) is 22.0 Å². The van der Waals surface area contributed by atoms with Crippen molar-refractivity contribution in [3.63, 3.8) is 0 Å². The molecule has 0 spiro atoms. The predicted octanol–water partition coefficient (Wildman–Crippen LogP) is 3.15. The van der Waals surface area contributed by atoms with Crippen LogP contribution in [-0.4, -0.2) is 27.2 Å². The van der Waals surface area contributed by atoms with E-state index < -0.39 is 11.9 Å². The molecule has 0 fully saturated rings. The fraction of sp³-hybridized carbons (Fsp3) is 0.143. The highest BCUT2D eigenvalue weighted by Gasteiger charge is 2.23. The van der Waals surface area contributed by atoms with Gasteiger partial charge in [-0.05, 0) is 13.0 Å². The monoisotopic (exact) mass is 299 g/mol. The van der Waals surface area contributed by atoms with Gasteiger partial charge in [0, 0.05) is 18.0 Å². The molecule has 0 saturated carbocycles. The molecule has 1 aliphatic heterocycles. The van der Waals surface area contributed by atoms with E-state index in [1.165, 1.54) is 6.92 Å². The zero-order valence-electron chi connectivity index (χ0n) is 11.9. The van der Waals surface area contributed by atoms with Crippen molar-refractivity contribution >= 4 is 28.4 Å². The molecule has 0 saturated heterocycles. The maximum atomic E-state index is 11.7. The molecule has 4 N–H and O–H groups in total. The van der Waals surface area contributed by atoms with Crippen molar-refractivity contribution in [1.82, 2.24) is 10.2 Å². The Labute approximate surface area is 124 Å². The average Bonchev–Trinajstić information content (AvgIpc) is 2.98. The number of amides is 3. The van der Waals surface area contributed by atoms with Gasteiger partial charge in [0.25, 0.3) is 5.91 Å². The van der Waals surface area contributed by atoms with Crippen LogP contribution in [0.3, 0.4) is 0 Å². The predicted molar refractivity (Wildman–Crippen MR) is 80.2 cm³/mol. The summed E-state index contributed by atoms with van der Waals surface area (Å²) < 4.78 is 0. The Bertz CT molecular complexity index is 890. The van der Waals surface area contributed by atoms with E-state index in [1.807, 2.05) is 13.0 Å². The summed E-state index contributed by atoms with van der Waals surface area (Å²) >= 11 is 0. The number of azo groups is 1. The molecule has 1 heterocycles. The zero-order chi connectivity index (χ0) is 15.9. The van der Waals surface area contributed by atoms with E-state index in [1.54, 1.807) is 12.1 Å². The SMILES string of the molecule is CC(=O)N=NC(=O)Nc1cccc2c3[nH][nH]c(C)c-3c(O)c12. The van der Waals surface area contributed by atoms with E-state index in [9.17, 15) is 14.7 Å². The number of aromatic nitrogens is 2. The van der Waals surface area contributed by atoms with E-state index >= 15 is 0 Å². The maximum absolute atomic E-state index is 11.7. The zero-order valence-corrected chi connectivity index (χ0v) is 11.9. The van der Waals surface area contributed by atoms with Gasteiger partial charge in [-0.3, -0.25) is 9.89 Å². The number of H-pyrrole nitrogens is 2. The number of aryl methyl sites for hydroxylation is 1. The third-order valence-electron chi connectivity index (χ3n) is 3.33. The number of nitrogens with zero attached hydrogens (tertiary/aromatic N) is 2. The van der Waals surface area contributed by atoms with Crippen molar-refractivity contribution < 1.29 is 14.7 Å². The molecule has 1 aliphatic carbocycles. The molecular formula is C14H13N5O3. The van der Waals surface area contributed by atoms with Crippen LogP contribution in [0.2, 0.25) is 0 Å². The van der Waals surface area contributed by atoms with Crippen molar-refractivity contribution in [1.29, 1.82) is 0 Å². The molecule has 1 aromatic rings. The third kappa shape index (κ3) is 2.10. The van der Waals surface area contributed by atoms with Gasteiger partial charge in [0.05, 0.1) is 22.3 Å². The lowest BCUT2D eigenvalue weighted by Gasteiger charge is -2.03. The van der Waals surface area contributed by atoms with Gasteiger partial charge >= 0.3 is 6.03 Å². The lowest BCUT2D eigenvalue weighted by Crippen LogP contribution is -2.06. The standard InChI is InChI=1S/C14H13N5O3/c1-6-10-12(18-16-6)8-4-3-5-9(11(8)13(10)21)15-14(22)19-17-7(2)20/h3-5,16,18,21H,1-2H3,(H,15,22). The van der Waals surface area contributed by atoms with E-state index in [-0.39, 0.29) is 5.75 Å². The largest absolute Gasteiger partial charge is 0.506 e. The molecule has 0 bridgehead atoms. The summed E-state index contributed by atoms with van der Waals surface area (Å²) in [4.78, 5) is 22.4. The second kappa shape index (κ2) is 4.99. The van der Waals surface area contributed by atoms with Gasteiger partial charge in [0.15, 0.2) is 0 Å². The Balaban J connectivity index is 2.09. The number of rotatable bonds is 1. The first-order valence-corrected chi connectivity index (χ1v) is 6.52. The molecule has 112 valence electrons. The molecular weight excluding hydrogens is 286 g/mol. The van der Waals surface area contributed by atoms with Crippen LogP contribution in [0, 0.1) is 6.92 Å². The van der Waals surface area contributed by atoms with Crippen molar-refractivity contribution in [2.75, 3.05) is 5.32 Å². The van der Waals surface area contributed by atoms with Gasteiger partial charge in [0.1, 0.15) is 5.75 Å². The fourth-order valence-electron chi connectivity index (χ4n) is 2.47. The highest BCUT2D eigenvalue weighted by Crippen LogP contribution is 2.47. The summed E-state index contributed by atoms with van der Waals surface area (Å²) in [6, 6.07) is 4.43. The summed E-state index contributed by atoms with van der Waals surface area (Å²) in [5.41, 5.74) is 2.61. The number of carbonyl (C=O) groups is 2. The first-order chi connectivity index (χ1) is 10.5. The molecule has 3 rings (SSSR count). The Morgan fingerprint density at radius 1 is 1.23 bits per heavy atom. The minimum atomic E-state index is -0.782. The number of urea groups is 1. The molecule has 0 radical (unpaired) electrons. The number of carbonyl (C=O) groups excluding carboxylic acids is 2. The van der Waals surface area contributed by atoms with Gasteiger partial charge in [0.2, 0.25) is 0 Å². The van der Waals surface area contributed by atoms with E-state index in [0.717, 1.165) is 16.8 Å². The first-order valence-electron chi connectivity index (χ1n) is 6.52. The maximum Gasteiger partial charge on any atom is 0.364 e. The molecule has 8 nitrogen and oxygen atoms in total. The summed E-state index contributed by atoms with van der Waals surface area (Å²) in [6.45, 7) is 3.03. The van der Waals surface area contributed by atoms with Crippen molar-refractivity contribution in [2.45, 2.75) is 13.8 Å². The molecule has 3 amide bonds. The molecule has 2 aliphatic rings. The average molecular weight is 299 g/mol. The Hall–Kier alpha value is -3.16. The molecule has 0 aromatic heterocycles. The van der Waals surface area contributed by atoms with Gasteiger partial charge in [-0.1, -0.05) is 17.2 Å². The van der Waals surface area contributed by atoms with Crippen molar-refractivity contribution in [3.8, 4) is 17.0 Å². The third-order valence-corrected chi connectivity index (χ3v) is 3.33. The van der Waals surface area contributed by atoms with Gasteiger partial charge in [-0.2, -0.15) is 0 Å². The lowest BCUT2D eigenvalue weighted by atomic mass is 10.2. The van der Waals surface area contributed by atoms with Crippen LogP contribution < -0.4 is 5.32 Å². The molecule has 0 unspecified atom stereocenters. The number of hydrogen-bond acceptors (Lipinski definition) is 3. The molecule has 1 aromatic carbocycles. The van der Waals surface area contributed by atoms with Crippen LogP contribution >= 0.6 is 0 Å². The number of benzene rings is 1. The minimum Gasteiger partial charge on any atom is -0.506 e. The van der Waals surface area contributed by atoms with E-state index in [0.29, 0.717) is 16.6 Å². The van der Waals surface area contributed by atoms with E-state index in [4.69, 9.17) is 0 Å². The van der Waals surface area contributed by atoms with Crippen LogP contribution in [-0.2, 0) is 4.79 Å². The second-order valence-corrected chi connectivity index (χ2v) is 4.85. The molecule has 22 heavy (non-hydrogen) atoms. The summed E-state index contributed by atoms with van der Waals surface area (Å²) in [7, 11) is 0. The van der Waals surface area contributed by atoms with E-state index in [2.05, 4.69) is 25.7 Å². The smallest absolute Gasteiger partial charge is 0.364 e. The number of aromatic amines is 2. The van der Waals surface area contributed by atoms with Crippen molar-refractivity contribution in [2.24, 2.45) is 10.2 Å². The number of anilines is 1. The van der Waals surface area contributed by atoms with Crippen molar-refractivity contribution in [3.05, 3.63) is 23.9 Å². The highest BCUT2D eigenvalue weighted by molar-refractivity contribution is 6.15. The minimum absolute atomic E-state index is 0.0689. The van der Waals surface area contributed by atoms with Crippen LogP contribution in [0.5, 0.6) is 5.75 Å². The van der Waals surface area contributed by atoms with Crippen LogP contribution in [0.15, 0.2) is 28.4 Å². The summed E-state index contributed by atoms with van der Waals surface area (Å²) in [5, 5.41) is 26.6. The van der Waals surface area contributed by atoms with Crippen LogP contribution in [0.1, 0.15) is 12.6 Å². The Kier molecular flexibility index (Phi) is 3.13. The first kappa shape index (κ1) is 13.8. The normalized spacial score (nSPS) is 11.5. The topological polar surface area (TPSA) is 123 Å². The fourth-order valence-corrected chi connectivity index (χ4v) is 2.47. The highest BCUT2D eigenvalue weighted by atomic mass is 16.3. The lowest BCUT2D eigenvalue weighted by molar-refractivity contribution is -0.116. The molecule has 8 heteroatoms. The number of nitrogens with one attached hydrogen (secondary N) is 3. The second-order valence-electron chi connectivity index (χ2n) is 4.85. The Morgan fingerprint density at radius 3 is 2.73 bits per heavy atom. The Morgan fingerprint density at radius 2 is 2.00 bits per heavy atom. The quantitative estimate of drug-likeness (QED) is 0.516. The van der Waals surface area contributed by atoms with Gasteiger partial charge in [-0.15, -0.1) is 5.11 Å². The number of aromatic hydroxyl groups is 1. The van der Waals surface area contributed by atoms with Gasteiger partial charge in [-0.25, -0.2) is 4.79 Å². The summed E-state index contributed by atoms with van der Waals surface area (Å²) in [6.07, 6.45) is 0. The van der Waals surface area contributed by atoms with Crippen LogP contribution in [0.4, 0.5) is 10.5 Å².